The SMILES string of the molecule is Cc1cc(C)c(NC(=O)c2cccc(C(=O)N3CCN(C)CC3)n2)c(Cl)c1. The zero-order valence-electron chi connectivity index (χ0n) is 15.8. The molecule has 0 aliphatic carbocycles. The first kappa shape index (κ1) is 19.3. The van der Waals surface area contributed by atoms with Crippen LogP contribution in [0.1, 0.15) is 32.1 Å². The van der Waals surface area contributed by atoms with E-state index in [2.05, 4.69) is 15.2 Å². The van der Waals surface area contributed by atoms with Crippen LogP contribution in [0.3, 0.4) is 0 Å². The molecule has 2 aromatic rings. The molecule has 0 spiro atoms. The highest BCUT2D eigenvalue weighted by Crippen LogP contribution is 2.27. The van der Waals surface area contributed by atoms with Gasteiger partial charge >= 0.3 is 0 Å². The van der Waals surface area contributed by atoms with Gasteiger partial charge in [-0.3, -0.25) is 9.59 Å². The topological polar surface area (TPSA) is 65.5 Å². The van der Waals surface area contributed by atoms with Crippen molar-refractivity contribution in [2.75, 3.05) is 38.5 Å². The van der Waals surface area contributed by atoms with E-state index in [9.17, 15) is 9.59 Å². The molecule has 0 atom stereocenters. The van der Waals surface area contributed by atoms with Crippen LogP contribution < -0.4 is 5.32 Å². The van der Waals surface area contributed by atoms with Crippen LogP contribution in [0.2, 0.25) is 5.02 Å². The number of carbonyl (C=O) groups excluding carboxylic acids is 2. The van der Waals surface area contributed by atoms with Crippen LogP contribution in [0.15, 0.2) is 30.3 Å². The Hall–Kier alpha value is -2.44. The third kappa shape index (κ3) is 4.46. The Morgan fingerprint density at radius 2 is 1.74 bits per heavy atom. The molecule has 1 aromatic heterocycles. The molecule has 1 saturated heterocycles. The van der Waals surface area contributed by atoms with Crippen molar-refractivity contribution in [3.05, 3.63) is 57.9 Å². The fraction of sp³-hybridized carbons (Fsp3) is 0.350. The van der Waals surface area contributed by atoms with Crippen LogP contribution in [0.25, 0.3) is 0 Å². The van der Waals surface area contributed by atoms with Crippen molar-refractivity contribution < 1.29 is 9.59 Å². The molecule has 2 heterocycles. The lowest BCUT2D eigenvalue weighted by Crippen LogP contribution is -2.47. The van der Waals surface area contributed by atoms with Crippen LogP contribution in [0, 0.1) is 13.8 Å². The van der Waals surface area contributed by atoms with Gasteiger partial charge in [0, 0.05) is 26.2 Å². The number of likely N-dealkylation sites (N-methyl/N-ethyl adjacent to an activating group) is 1. The summed E-state index contributed by atoms with van der Waals surface area (Å²) in [6.45, 7) is 6.81. The molecule has 3 rings (SSSR count). The summed E-state index contributed by atoms with van der Waals surface area (Å²) >= 11 is 6.26. The molecule has 1 N–H and O–H groups in total. The number of hydrogen-bond donors (Lipinski definition) is 1. The number of halogens is 1. The summed E-state index contributed by atoms with van der Waals surface area (Å²) in [6.07, 6.45) is 0. The number of nitrogens with zero attached hydrogens (tertiary/aromatic N) is 3. The number of rotatable bonds is 3. The number of amides is 2. The van der Waals surface area contributed by atoms with Gasteiger partial charge in [0.1, 0.15) is 11.4 Å². The second-order valence-electron chi connectivity index (χ2n) is 6.90. The van der Waals surface area contributed by atoms with Gasteiger partial charge in [-0.15, -0.1) is 0 Å². The highest BCUT2D eigenvalue weighted by Gasteiger charge is 2.22. The Morgan fingerprint density at radius 1 is 1.07 bits per heavy atom. The van der Waals surface area contributed by atoms with Gasteiger partial charge in [-0.25, -0.2) is 4.98 Å². The monoisotopic (exact) mass is 386 g/mol. The molecular weight excluding hydrogens is 364 g/mol. The fourth-order valence-electron chi connectivity index (χ4n) is 3.10. The molecule has 27 heavy (non-hydrogen) atoms. The van der Waals surface area contributed by atoms with Crippen molar-refractivity contribution in [3.8, 4) is 0 Å². The van der Waals surface area contributed by atoms with Gasteiger partial charge in [0.2, 0.25) is 0 Å². The third-order valence-electron chi connectivity index (χ3n) is 4.66. The molecule has 2 amide bonds. The number of carbonyl (C=O) groups is 2. The predicted octanol–water partition coefficient (Wildman–Crippen LogP) is 2.99. The quantitative estimate of drug-likeness (QED) is 0.880. The highest BCUT2D eigenvalue weighted by molar-refractivity contribution is 6.34. The number of nitrogens with one attached hydrogen (secondary N) is 1. The average Bonchev–Trinajstić information content (AvgIpc) is 2.64. The Kier molecular flexibility index (Phi) is 5.77. The third-order valence-corrected chi connectivity index (χ3v) is 4.96. The molecule has 0 saturated carbocycles. The molecule has 1 aliphatic heterocycles. The lowest BCUT2D eigenvalue weighted by Gasteiger charge is -2.32. The first-order valence-corrected chi connectivity index (χ1v) is 9.26. The van der Waals surface area contributed by atoms with Crippen LogP contribution >= 0.6 is 11.6 Å². The van der Waals surface area contributed by atoms with E-state index >= 15 is 0 Å². The number of piperazine rings is 1. The van der Waals surface area contributed by atoms with E-state index in [1.807, 2.05) is 27.0 Å². The lowest BCUT2D eigenvalue weighted by molar-refractivity contribution is 0.0658. The minimum Gasteiger partial charge on any atom is -0.335 e. The first-order valence-electron chi connectivity index (χ1n) is 8.88. The van der Waals surface area contributed by atoms with Crippen molar-refractivity contribution >= 4 is 29.1 Å². The van der Waals surface area contributed by atoms with Crippen molar-refractivity contribution in [2.45, 2.75) is 13.8 Å². The van der Waals surface area contributed by atoms with Crippen molar-refractivity contribution in [2.24, 2.45) is 0 Å². The maximum Gasteiger partial charge on any atom is 0.274 e. The maximum absolute atomic E-state index is 12.7. The normalized spacial score (nSPS) is 14.9. The van der Waals surface area contributed by atoms with Gasteiger partial charge in [-0.05, 0) is 50.2 Å². The number of benzene rings is 1. The standard InChI is InChI=1S/C20H23ClN4O2/c1-13-11-14(2)18(15(21)12-13)23-19(26)16-5-4-6-17(22-16)20(27)25-9-7-24(3)8-10-25/h4-6,11-12H,7-10H2,1-3H3,(H,23,26). The highest BCUT2D eigenvalue weighted by atomic mass is 35.5. The van der Waals surface area contributed by atoms with E-state index in [-0.39, 0.29) is 17.3 Å². The van der Waals surface area contributed by atoms with E-state index in [4.69, 9.17) is 11.6 Å². The zero-order valence-corrected chi connectivity index (χ0v) is 16.5. The predicted molar refractivity (Wildman–Crippen MR) is 107 cm³/mol. The molecule has 142 valence electrons. The van der Waals surface area contributed by atoms with Crippen molar-refractivity contribution in [3.63, 3.8) is 0 Å². The summed E-state index contributed by atoms with van der Waals surface area (Å²) in [6, 6.07) is 8.65. The van der Waals surface area contributed by atoms with Gasteiger partial charge in [-0.1, -0.05) is 23.7 Å². The molecule has 7 heteroatoms. The van der Waals surface area contributed by atoms with E-state index in [1.54, 1.807) is 29.2 Å². The first-order chi connectivity index (χ1) is 12.8. The number of hydrogen-bond acceptors (Lipinski definition) is 4. The molecule has 0 unspecified atom stereocenters. The van der Waals surface area contributed by atoms with E-state index in [0.717, 1.165) is 24.2 Å². The van der Waals surface area contributed by atoms with Crippen LogP contribution in [0.4, 0.5) is 5.69 Å². The van der Waals surface area contributed by atoms with Gasteiger partial charge < -0.3 is 15.1 Å². The summed E-state index contributed by atoms with van der Waals surface area (Å²) in [5, 5.41) is 3.29. The molecule has 1 fully saturated rings. The molecular formula is C20H23ClN4O2. The Balaban J connectivity index is 1.77. The second-order valence-corrected chi connectivity index (χ2v) is 7.30. The summed E-state index contributed by atoms with van der Waals surface area (Å²) < 4.78 is 0. The maximum atomic E-state index is 12.7. The Morgan fingerprint density at radius 3 is 2.41 bits per heavy atom. The number of pyridine rings is 1. The molecule has 6 nitrogen and oxygen atoms in total. The van der Waals surface area contributed by atoms with Crippen LogP contribution in [-0.4, -0.2) is 59.8 Å². The van der Waals surface area contributed by atoms with Gasteiger partial charge in [0.25, 0.3) is 11.8 Å². The summed E-state index contributed by atoms with van der Waals surface area (Å²) in [7, 11) is 2.03. The summed E-state index contributed by atoms with van der Waals surface area (Å²) in [5.74, 6) is -0.542. The Labute approximate surface area is 164 Å². The largest absolute Gasteiger partial charge is 0.335 e. The second kappa shape index (κ2) is 8.06. The van der Waals surface area contributed by atoms with Crippen LogP contribution in [0.5, 0.6) is 0 Å². The van der Waals surface area contributed by atoms with Crippen LogP contribution in [-0.2, 0) is 0 Å². The number of aromatic nitrogens is 1. The van der Waals surface area contributed by atoms with Crippen molar-refractivity contribution in [1.29, 1.82) is 0 Å². The molecule has 1 aliphatic rings. The summed E-state index contributed by atoms with van der Waals surface area (Å²) in [5.41, 5.74) is 2.92. The molecule has 0 bridgehead atoms. The van der Waals surface area contributed by atoms with Gasteiger partial charge in [0.15, 0.2) is 0 Å². The lowest BCUT2D eigenvalue weighted by atomic mass is 10.1. The number of aryl methyl sites for hydroxylation is 2. The fourth-order valence-corrected chi connectivity index (χ4v) is 3.47. The minimum absolute atomic E-state index is 0.151. The van der Waals surface area contributed by atoms with E-state index < -0.39 is 5.91 Å². The summed E-state index contributed by atoms with van der Waals surface area (Å²) in [4.78, 5) is 33.5. The van der Waals surface area contributed by atoms with Gasteiger partial charge in [-0.2, -0.15) is 0 Å². The molecule has 1 aromatic carbocycles. The average molecular weight is 387 g/mol. The van der Waals surface area contributed by atoms with Gasteiger partial charge in [0.05, 0.1) is 10.7 Å². The van der Waals surface area contributed by atoms with E-state index in [1.165, 1.54) is 0 Å². The van der Waals surface area contributed by atoms with E-state index in [0.29, 0.717) is 23.8 Å². The number of anilines is 1. The minimum atomic E-state index is -0.392. The van der Waals surface area contributed by atoms with Crippen molar-refractivity contribution in [1.82, 2.24) is 14.8 Å². The molecule has 0 radical (unpaired) electrons. The smallest absolute Gasteiger partial charge is 0.274 e. The Bertz CT molecular complexity index is 853. The zero-order chi connectivity index (χ0) is 19.6.